The standard InChI is InChI=1S/C31H55NO22/c1-8-16(38)21(43)23(45)29(47-8)53-26-18(40)10(3)48-30(24(26)46)52-25-15(32-11(4)36)28(50-14(7-35)20(25)42)54-27-22(44)17(39)9(2)49-31(27)51-13(6-34)19(41)12(37)5-33/h8-10,12-31,33-35,37-46H,5-7H2,1-4H3,(H,32,36)/t8-,9-,10-,12+,13-,14+,15+,16-,17-,18-,19+,20+,21+,22+,23+,24+,25+,26+,27+,28-,29-,30-,31-/m0/s1. The van der Waals surface area contributed by atoms with Gasteiger partial charge < -0.3 is 110 Å². The van der Waals surface area contributed by atoms with Crippen molar-refractivity contribution in [1.82, 2.24) is 5.32 Å². The maximum atomic E-state index is 12.5. The summed E-state index contributed by atoms with van der Waals surface area (Å²) >= 11 is 0. The summed E-state index contributed by atoms with van der Waals surface area (Å²) in [4.78, 5) is 12.5. The number of carbonyl (C=O) groups is 1. The molecule has 0 bridgehead atoms. The summed E-state index contributed by atoms with van der Waals surface area (Å²) in [7, 11) is 0. The molecule has 0 unspecified atom stereocenters. The minimum absolute atomic E-state index is 0.753. The van der Waals surface area contributed by atoms with Gasteiger partial charge in [-0.15, -0.1) is 0 Å². The van der Waals surface area contributed by atoms with Crippen molar-refractivity contribution in [2.45, 2.75) is 169 Å². The predicted octanol–water partition coefficient (Wildman–Crippen LogP) is -8.42. The third kappa shape index (κ3) is 9.83. The van der Waals surface area contributed by atoms with E-state index < -0.39 is 167 Å². The molecule has 1 amide bonds. The summed E-state index contributed by atoms with van der Waals surface area (Å²) in [5.74, 6) is -0.753. The van der Waals surface area contributed by atoms with E-state index in [2.05, 4.69) is 5.32 Å². The van der Waals surface area contributed by atoms with Crippen LogP contribution in [0.4, 0.5) is 0 Å². The number of aliphatic hydroxyl groups is 13. The van der Waals surface area contributed by atoms with Crippen molar-refractivity contribution in [2.75, 3.05) is 19.8 Å². The minimum atomic E-state index is -1.94. The Labute approximate surface area is 309 Å². The van der Waals surface area contributed by atoms with Crippen molar-refractivity contribution in [1.29, 1.82) is 0 Å². The van der Waals surface area contributed by atoms with E-state index in [0.717, 1.165) is 6.92 Å². The Balaban J connectivity index is 1.62. The first-order chi connectivity index (χ1) is 25.4. The van der Waals surface area contributed by atoms with Crippen molar-refractivity contribution >= 4 is 5.91 Å². The molecule has 23 heteroatoms. The molecule has 4 heterocycles. The van der Waals surface area contributed by atoms with Crippen LogP contribution in [0.3, 0.4) is 0 Å². The highest BCUT2D eigenvalue weighted by molar-refractivity contribution is 5.73. The van der Waals surface area contributed by atoms with Crippen LogP contribution in [-0.2, 0) is 42.7 Å². The molecule has 4 rings (SSSR count). The van der Waals surface area contributed by atoms with Gasteiger partial charge in [0.2, 0.25) is 5.91 Å². The lowest BCUT2D eigenvalue weighted by molar-refractivity contribution is -0.381. The lowest BCUT2D eigenvalue weighted by Crippen LogP contribution is -2.70. The van der Waals surface area contributed by atoms with Crippen LogP contribution in [0.1, 0.15) is 27.7 Å². The Hall–Kier alpha value is -1.37. The van der Waals surface area contributed by atoms with E-state index >= 15 is 0 Å². The first-order valence-electron chi connectivity index (χ1n) is 17.5. The van der Waals surface area contributed by atoms with Gasteiger partial charge in [0.05, 0.1) is 38.1 Å². The number of ether oxygens (including phenoxy) is 8. The molecule has 0 aromatic heterocycles. The molecule has 0 radical (unpaired) electrons. The zero-order valence-electron chi connectivity index (χ0n) is 29.9. The van der Waals surface area contributed by atoms with Gasteiger partial charge in [0, 0.05) is 6.92 Å². The van der Waals surface area contributed by atoms with Crippen LogP contribution in [0.2, 0.25) is 0 Å². The van der Waals surface area contributed by atoms with Crippen molar-refractivity contribution in [3.05, 3.63) is 0 Å². The molecule has 4 aliphatic heterocycles. The van der Waals surface area contributed by atoms with Gasteiger partial charge in [-0.3, -0.25) is 4.79 Å². The normalized spacial score (nSPS) is 47.8. The number of amides is 1. The largest absolute Gasteiger partial charge is 0.394 e. The van der Waals surface area contributed by atoms with Crippen molar-refractivity contribution in [2.24, 2.45) is 0 Å². The van der Waals surface area contributed by atoms with Gasteiger partial charge in [-0.05, 0) is 20.8 Å². The summed E-state index contributed by atoms with van der Waals surface area (Å²) in [6.45, 7) is 2.43. The first kappa shape index (κ1) is 45.3. The molecule has 316 valence electrons. The number of hydrogen-bond donors (Lipinski definition) is 14. The van der Waals surface area contributed by atoms with Crippen LogP contribution < -0.4 is 5.32 Å². The van der Waals surface area contributed by atoms with Gasteiger partial charge in [-0.2, -0.15) is 0 Å². The van der Waals surface area contributed by atoms with E-state index in [4.69, 9.17) is 37.9 Å². The van der Waals surface area contributed by atoms with E-state index in [1.807, 2.05) is 0 Å². The number of hydrogen-bond acceptors (Lipinski definition) is 22. The number of aliphatic hydroxyl groups excluding tert-OH is 13. The topological polar surface area (TPSA) is 366 Å². The van der Waals surface area contributed by atoms with E-state index in [-0.39, 0.29) is 0 Å². The quantitative estimate of drug-likeness (QED) is 0.0776. The Morgan fingerprint density at radius 2 is 1.11 bits per heavy atom. The molecule has 4 saturated heterocycles. The highest BCUT2D eigenvalue weighted by atomic mass is 16.8. The molecular weight excluding hydrogens is 738 g/mol. The first-order valence-corrected chi connectivity index (χ1v) is 17.5. The Bertz CT molecular complexity index is 1180. The monoisotopic (exact) mass is 793 g/mol. The van der Waals surface area contributed by atoms with Crippen LogP contribution in [0.15, 0.2) is 0 Å². The van der Waals surface area contributed by atoms with Gasteiger partial charge in [-0.25, -0.2) is 0 Å². The Morgan fingerprint density at radius 1 is 0.593 bits per heavy atom. The van der Waals surface area contributed by atoms with Crippen LogP contribution in [0.5, 0.6) is 0 Å². The summed E-state index contributed by atoms with van der Waals surface area (Å²) < 4.78 is 45.8. The summed E-state index contributed by atoms with van der Waals surface area (Å²) in [5, 5.41) is 138. The van der Waals surface area contributed by atoms with Gasteiger partial charge in [0.25, 0.3) is 0 Å². The Morgan fingerprint density at radius 3 is 1.67 bits per heavy atom. The maximum Gasteiger partial charge on any atom is 0.217 e. The fourth-order valence-corrected chi connectivity index (χ4v) is 6.61. The van der Waals surface area contributed by atoms with E-state index in [1.165, 1.54) is 20.8 Å². The summed E-state index contributed by atoms with van der Waals surface area (Å²) in [6.07, 6.45) is -36.3. The minimum Gasteiger partial charge on any atom is -0.394 e. The Kier molecular flexibility index (Phi) is 16.3. The molecule has 0 aliphatic carbocycles. The highest BCUT2D eigenvalue weighted by Crippen LogP contribution is 2.35. The van der Waals surface area contributed by atoms with Gasteiger partial charge in [0.15, 0.2) is 25.2 Å². The molecule has 4 aliphatic rings. The van der Waals surface area contributed by atoms with Crippen molar-refractivity contribution in [3.63, 3.8) is 0 Å². The number of nitrogens with one attached hydrogen (secondary N) is 1. The van der Waals surface area contributed by atoms with Crippen LogP contribution in [0.25, 0.3) is 0 Å². The third-order valence-corrected chi connectivity index (χ3v) is 9.92. The molecule has 0 aromatic carbocycles. The van der Waals surface area contributed by atoms with Crippen molar-refractivity contribution in [3.8, 4) is 0 Å². The lowest BCUT2D eigenvalue weighted by atomic mass is 9.94. The highest BCUT2D eigenvalue weighted by Gasteiger charge is 2.55. The molecular formula is C31H55NO22. The molecule has 0 aromatic rings. The van der Waals surface area contributed by atoms with Crippen LogP contribution >= 0.6 is 0 Å². The summed E-state index contributed by atoms with van der Waals surface area (Å²) in [6, 6.07) is -1.60. The second kappa shape index (κ2) is 19.4. The predicted molar refractivity (Wildman–Crippen MR) is 170 cm³/mol. The van der Waals surface area contributed by atoms with E-state index in [1.54, 1.807) is 0 Å². The second-order valence-corrected chi connectivity index (χ2v) is 13.9. The molecule has 0 saturated carbocycles. The molecule has 23 nitrogen and oxygen atoms in total. The maximum absolute atomic E-state index is 12.5. The molecule has 54 heavy (non-hydrogen) atoms. The lowest BCUT2D eigenvalue weighted by Gasteiger charge is -2.50. The van der Waals surface area contributed by atoms with Gasteiger partial charge in [0.1, 0.15) is 97.6 Å². The zero-order valence-corrected chi connectivity index (χ0v) is 29.9. The number of rotatable bonds is 14. The fraction of sp³-hybridized carbons (Fsp3) is 0.968. The fourth-order valence-electron chi connectivity index (χ4n) is 6.61. The molecule has 23 atom stereocenters. The molecule has 14 N–H and O–H groups in total. The zero-order chi connectivity index (χ0) is 40.3. The van der Waals surface area contributed by atoms with E-state index in [9.17, 15) is 71.2 Å². The average molecular weight is 794 g/mol. The van der Waals surface area contributed by atoms with Crippen LogP contribution in [-0.4, -0.2) is 233 Å². The van der Waals surface area contributed by atoms with Crippen LogP contribution in [0, 0.1) is 0 Å². The average Bonchev–Trinajstić information content (AvgIpc) is 3.13. The van der Waals surface area contributed by atoms with Gasteiger partial charge in [-0.1, -0.05) is 0 Å². The smallest absolute Gasteiger partial charge is 0.217 e. The van der Waals surface area contributed by atoms with E-state index in [0.29, 0.717) is 0 Å². The summed E-state index contributed by atoms with van der Waals surface area (Å²) in [5.41, 5.74) is 0. The SMILES string of the molecule is CC(=O)N[C@H]1[C@H](O[C@H]2[C@H](O[C@@H](CO)[C@H](O)[C@H](O)CO)O[C@@H](C)[C@H](O)[C@H]2O)O[C@H](CO)[C@@H](O)[C@@H]1O[C@@H]1O[C@@H](C)[C@H](O)[C@@H](O[C@@H]2O[C@@H](C)[C@H](O)[C@@H](O)[C@H]2O)[C@H]1O. The van der Waals surface area contributed by atoms with Crippen molar-refractivity contribution < 1.29 is 109 Å². The molecule has 0 spiro atoms. The number of carbonyl (C=O) groups excluding carboxylic acids is 1. The second-order valence-electron chi connectivity index (χ2n) is 13.9. The third-order valence-electron chi connectivity index (χ3n) is 9.92. The molecule has 4 fully saturated rings. The van der Waals surface area contributed by atoms with Gasteiger partial charge >= 0.3 is 0 Å².